The van der Waals surface area contributed by atoms with E-state index < -0.39 is 0 Å². The largest absolute Gasteiger partial charge is 0.281 e. The Morgan fingerprint density at radius 1 is 1.50 bits per heavy atom. The van der Waals surface area contributed by atoms with Crippen LogP contribution in [0.3, 0.4) is 0 Å². The quantitative estimate of drug-likeness (QED) is 0.621. The summed E-state index contributed by atoms with van der Waals surface area (Å²) in [5, 5.41) is 10.4. The maximum absolute atomic E-state index is 11.0. The number of carbonyl (C=O) groups excluding carboxylic acids is 1. The number of hydrogen-bond acceptors (Lipinski definition) is 2. The summed E-state index contributed by atoms with van der Waals surface area (Å²) in [7, 11) is 0. The highest BCUT2D eigenvalue weighted by Gasteiger charge is 2.25. The summed E-state index contributed by atoms with van der Waals surface area (Å²) in [5.41, 5.74) is 1.31. The van der Waals surface area contributed by atoms with E-state index in [-0.39, 0.29) is 12.3 Å². The maximum Gasteiger partial charge on any atom is 0.255 e. The molecule has 0 unspecified atom stereocenters. The van der Waals surface area contributed by atoms with Crippen LogP contribution in [-0.4, -0.2) is 11.1 Å². The van der Waals surface area contributed by atoms with Crippen molar-refractivity contribution in [2.24, 2.45) is 0 Å². The molecule has 1 aliphatic heterocycles. The molecule has 0 atom stereocenters. The summed E-state index contributed by atoms with van der Waals surface area (Å²) < 4.78 is 0. The van der Waals surface area contributed by atoms with Gasteiger partial charge in [-0.25, -0.2) is 0 Å². The summed E-state index contributed by atoms with van der Waals surface area (Å²) in [4.78, 5) is 11.0. The molecule has 1 aliphatic rings. The van der Waals surface area contributed by atoms with Crippen LogP contribution in [0.5, 0.6) is 0 Å². The number of anilines is 1. The van der Waals surface area contributed by atoms with Crippen LogP contribution in [0.4, 0.5) is 5.69 Å². The van der Waals surface area contributed by atoms with E-state index in [0.717, 1.165) is 5.56 Å². The number of halogens is 1. The van der Waals surface area contributed by atoms with Crippen molar-refractivity contribution in [1.29, 1.82) is 0 Å². The van der Waals surface area contributed by atoms with Crippen molar-refractivity contribution in [3.63, 3.8) is 0 Å². The van der Waals surface area contributed by atoms with Gasteiger partial charge < -0.3 is 0 Å². The number of carbonyl (C=O) groups is 1. The predicted octanol–water partition coefficient (Wildman–Crippen LogP) is 1.62. The predicted molar refractivity (Wildman–Crippen MR) is 44.4 cm³/mol. The summed E-state index contributed by atoms with van der Waals surface area (Å²) in [6.07, 6.45) is 0.229. The third-order valence-corrected chi connectivity index (χ3v) is 2.08. The smallest absolute Gasteiger partial charge is 0.255 e. The molecule has 1 aromatic rings. The summed E-state index contributed by atoms with van der Waals surface area (Å²) >= 11 is 5.71. The van der Waals surface area contributed by atoms with Crippen LogP contribution in [0.1, 0.15) is 5.56 Å². The highest BCUT2D eigenvalue weighted by Crippen LogP contribution is 2.29. The highest BCUT2D eigenvalue weighted by molar-refractivity contribution is 6.30. The first-order valence-corrected chi connectivity index (χ1v) is 3.86. The fourth-order valence-corrected chi connectivity index (χ4v) is 1.47. The van der Waals surface area contributed by atoms with Gasteiger partial charge in [0.25, 0.3) is 5.91 Å². The molecule has 3 nitrogen and oxygen atoms in total. The van der Waals surface area contributed by atoms with Gasteiger partial charge in [0.15, 0.2) is 0 Å². The molecular formula is C8H6ClNO2. The molecule has 0 saturated carbocycles. The number of amides is 1. The van der Waals surface area contributed by atoms with Crippen LogP contribution in [0.2, 0.25) is 5.02 Å². The van der Waals surface area contributed by atoms with Crippen molar-refractivity contribution in [1.82, 2.24) is 0 Å². The number of nitrogens with zero attached hydrogens (tertiary/aromatic N) is 1. The molecule has 62 valence electrons. The standard InChI is InChI=1S/C8H6ClNO2/c9-6-1-2-7-5(3-6)4-8(11)10(7)12/h1-3,12H,4H2. The van der Waals surface area contributed by atoms with Gasteiger partial charge in [0.2, 0.25) is 0 Å². The Kier molecular flexibility index (Phi) is 1.56. The number of rotatable bonds is 0. The summed E-state index contributed by atoms with van der Waals surface area (Å²) in [6.45, 7) is 0. The Balaban J connectivity index is 2.54. The van der Waals surface area contributed by atoms with Gasteiger partial charge >= 0.3 is 0 Å². The Hall–Kier alpha value is -1.06. The Morgan fingerprint density at radius 3 is 3.00 bits per heavy atom. The van der Waals surface area contributed by atoms with Crippen LogP contribution in [0.25, 0.3) is 0 Å². The molecule has 0 bridgehead atoms. The van der Waals surface area contributed by atoms with Gasteiger partial charge in [-0.3, -0.25) is 10.0 Å². The van der Waals surface area contributed by atoms with Crippen LogP contribution in [0.15, 0.2) is 18.2 Å². The van der Waals surface area contributed by atoms with Gasteiger partial charge in [-0.05, 0) is 23.8 Å². The summed E-state index contributed by atoms with van der Waals surface area (Å²) in [5.74, 6) is -0.313. The zero-order valence-corrected chi connectivity index (χ0v) is 6.88. The molecule has 2 rings (SSSR count). The first-order valence-electron chi connectivity index (χ1n) is 3.49. The summed E-state index contributed by atoms with van der Waals surface area (Å²) in [6, 6.07) is 4.95. The molecule has 1 heterocycles. The zero-order valence-electron chi connectivity index (χ0n) is 6.12. The van der Waals surface area contributed by atoms with Crippen LogP contribution < -0.4 is 5.06 Å². The molecule has 1 aromatic carbocycles. The van der Waals surface area contributed by atoms with E-state index in [1.54, 1.807) is 18.2 Å². The van der Waals surface area contributed by atoms with Crippen LogP contribution in [0, 0.1) is 0 Å². The second kappa shape index (κ2) is 2.47. The Labute approximate surface area is 74.1 Å². The second-order valence-corrected chi connectivity index (χ2v) is 3.09. The van der Waals surface area contributed by atoms with Crippen molar-refractivity contribution in [2.45, 2.75) is 6.42 Å². The molecule has 4 heteroatoms. The van der Waals surface area contributed by atoms with Crippen molar-refractivity contribution >= 4 is 23.2 Å². The molecule has 0 saturated heterocycles. The first kappa shape index (κ1) is 7.58. The monoisotopic (exact) mass is 183 g/mol. The van der Waals surface area contributed by atoms with Gasteiger partial charge in [-0.15, -0.1) is 0 Å². The van der Waals surface area contributed by atoms with Crippen LogP contribution in [-0.2, 0) is 11.2 Å². The van der Waals surface area contributed by atoms with E-state index in [2.05, 4.69) is 0 Å². The normalized spacial score (nSPS) is 15.2. The minimum Gasteiger partial charge on any atom is -0.281 e. The average Bonchev–Trinajstić information content (AvgIpc) is 2.28. The molecule has 0 spiro atoms. The van der Waals surface area contributed by atoms with Gasteiger partial charge in [0, 0.05) is 5.02 Å². The molecule has 0 aromatic heterocycles. The molecule has 12 heavy (non-hydrogen) atoms. The lowest BCUT2D eigenvalue weighted by Gasteiger charge is -2.06. The molecule has 0 fully saturated rings. The molecule has 0 radical (unpaired) electrons. The van der Waals surface area contributed by atoms with Crippen molar-refractivity contribution in [3.05, 3.63) is 28.8 Å². The Bertz CT molecular complexity index is 351. The minimum absolute atomic E-state index is 0.229. The molecule has 1 N–H and O–H groups in total. The van der Waals surface area contributed by atoms with Gasteiger partial charge in [0.05, 0.1) is 12.1 Å². The fourth-order valence-electron chi connectivity index (χ4n) is 1.27. The van der Waals surface area contributed by atoms with Crippen LogP contribution >= 0.6 is 11.6 Å². The van der Waals surface area contributed by atoms with Gasteiger partial charge in [0.1, 0.15) is 0 Å². The minimum atomic E-state index is -0.313. The maximum atomic E-state index is 11.0. The highest BCUT2D eigenvalue weighted by atomic mass is 35.5. The molecule has 1 amide bonds. The zero-order chi connectivity index (χ0) is 8.72. The fraction of sp³-hybridized carbons (Fsp3) is 0.125. The second-order valence-electron chi connectivity index (χ2n) is 2.66. The molecule has 0 aliphatic carbocycles. The lowest BCUT2D eigenvalue weighted by Crippen LogP contribution is -2.21. The van der Waals surface area contributed by atoms with E-state index in [4.69, 9.17) is 11.6 Å². The third-order valence-electron chi connectivity index (χ3n) is 1.85. The number of hydrogen-bond donors (Lipinski definition) is 1. The lowest BCUT2D eigenvalue weighted by molar-refractivity contribution is -0.122. The number of benzene rings is 1. The van der Waals surface area contributed by atoms with E-state index in [9.17, 15) is 10.0 Å². The van der Waals surface area contributed by atoms with Crippen molar-refractivity contribution in [3.8, 4) is 0 Å². The van der Waals surface area contributed by atoms with E-state index in [0.29, 0.717) is 15.8 Å². The van der Waals surface area contributed by atoms with Gasteiger partial charge in [-0.2, -0.15) is 5.06 Å². The van der Waals surface area contributed by atoms with E-state index in [1.807, 2.05) is 0 Å². The van der Waals surface area contributed by atoms with Crippen molar-refractivity contribution in [2.75, 3.05) is 5.06 Å². The van der Waals surface area contributed by atoms with E-state index >= 15 is 0 Å². The van der Waals surface area contributed by atoms with E-state index in [1.165, 1.54) is 0 Å². The average molecular weight is 184 g/mol. The Morgan fingerprint density at radius 2 is 2.25 bits per heavy atom. The van der Waals surface area contributed by atoms with Crippen molar-refractivity contribution < 1.29 is 10.0 Å². The first-order chi connectivity index (χ1) is 5.68. The molecular weight excluding hydrogens is 178 g/mol. The SMILES string of the molecule is O=C1Cc2cc(Cl)ccc2N1O. The lowest BCUT2D eigenvalue weighted by atomic mass is 10.2. The third kappa shape index (κ3) is 0.983. The number of fused-ring (bicyclic) bond motifs is 1. The number of hydroxylamine groups is 1. The van der Waals surface area contributed by atoms with Gasteiger partial charge in [-0.1, -0.05) is 11.6 Å². The topological polar surface area (TPSA) is 40.5 Å².